The lowest BCUT2D eigenvalue weighted by atomic mass is 10.1. The number of carboxylic acid groups (broad SMARTS) is 1. The van der Waals surface area contributed by atoms with Crippen LogP contribution in [0.15, 0.2) is 42.5 Å². The molecule has 0 spiro atoms. The molecular formula is C16H16N2O5. The maximum absolute atomic E-state index is 11.2. The standard InChI is InChI=1S/C16H16N2O5/c1-23-13-5-2-11(3-6-13)8-9-17-15-7-4-12(18(21)22)10-14(15)16(19)20/h2-7,10,17H,8-9H2,1H3,(H,19,20). The molecule has 0 unspecified atom stereocenters. The quantitative estimate of drug-likeness (QED) is 0.601. The van der Waals surface area contributed by atoms with Crippen LogP contribution < -0.4 is 10.1 Å². The van der Waals surface area contributed by atoms with E-state index in [1.807, 2.05) is 24.3 Å². The second-order valence-corrected chi connectivity index (χ2v) is 4.82. The molecule has 0 aromatic heterocycles. The number of ether oxygens (including phenoxy) is 1. The minimum Gasteiger partial charge on any atom is -0.497 e. The molecule has 0 radical (unpaired) electrons. The number of hydrogen-bond donors (Lipinski definition) is 2. The van der Waals surface area contributed by atoms with E-state index in [0.29, 0.717) is 18.7 Å². The second-order valence-electron chi connectivity index (χ2n) is 4.82. The Morgan fingerprint density at radius 1 is 1.26 bits per heavy atom. The van der Waals surface area contributed by atoms with Crippen LogP contribution in [0.2, 0.25) is 0 Å². The highest BCUT2D eigenvalue weighted by molar-refractivity contribution is 5.95. The Kier molecular flexibility index (Phi) is 5.14. The summed E-state index contributed by atoms with van der Waals surface area (Å²) in [5.74, 6) is -0.439. The van der Waals surface area contributed by atoms with Crippen molar-refractivity contribution in [3.8, 4) is 5.75 Å². The summed E-state index contributed by atoms with van der Waals surface area (Å²) in [7, 11) is 1.60. The number of hydrogen-bond acceptors (Lipinski definition) is 5. The molecule has 0 aliphatic heterocycles. The first-order valence-corrected chi connectivity index (χ1v) is 6.90. The van der Waals surface area contributed by atoms with Crippen LogP contribution in [0, 0.1) is 10.1 Å². The number of carboxylic acids is 1. The summed E-state index contributed by atoms with van der Waals surface area (Å²) in [5, 5.41) is 22.9. The molecule has 0 atom stereocenters. The summed E-state index contributed by atoms with van der Waals surface area (Å²) in [6.07, 6.45) is 0.681. The monoisotopic (exact) mass is 316 g/mol. The van der Waals surface area contributed by atoms with E-state index < -0.39 is 10.9 Å². The maximum atomic E-state index is 11.2. The molecule has 120 valence electrons. The molecule has 23 heavy (non-hydrogen) atoms. The molecule has 0 fully saturated rings. The fourth-order valence-electron chi connectivity index (χ4n) is 2.11. The summed E-state index contributed by atoms with van der Waals surface area (Å²) < 4.78 is 5.08. The molecule has 2 aromatic carbocycles. The molecule has 0 aliphatic carbocycles. The van der Waals surface area contributed by atoms with Crippen molar-refractivity contribution in [3.05, 3.63) is 63.7 Å². The summed E-state index contributed by atoms with van der Waals surface area (Å²) in [5.41, 5.74) is 1.06. The van der Waals surface area contributed by atoms with Gasteiger partial charge in [0.2, 0.25) is 0 Å². The average Bonchev–Trinajstić information content (AvgIpc) is 2.55. The predicted molar refractivity (Wildman–Crippen MR) is 85.2 cm³/mol. The summed E-state index contributed by atoms with van der Waals surface area (Å²) in [6.45, 7) is 0.504. The molecule has 0 saturated heterocycles. The van der Waals surface area contributed by atoms with Crippen molar-refractivity contribution >= 4 is 17.3 Å². The Hall–Kier alpha value is -3.09. The van der Waals surface area contributed by atoms with Crippen LogP contribution in [0.1, 0.15) is 15.9 Å². The second kappa shape index (κ2) is 7.26. The van der Waals surface area contributed by atoms with Crippen LogP contribution in [-0.2, 0) is 6.42 Å². The Labute approximate surface area is 132 Å². The lowest BCUT2D eigenvalue weighted by Gasteiger charge is -2.10. The number of benzene rings is 2. The first-order valence-electron chi connectivity index (χ1n) is 6.90. The summed E-state index contributed by atoms with van der Waals surface area (Å²) in [4.78, 5) is 21.3. The van der Waals surface area contributed by atoms with Crippen molar-refractivity contribution in [1.29, 1.82) is 0 Å². The number of nitro benzene ring substituents is 1. The van der Waals surface area contributed by atoms with E-state index in [1.165, 1.54) is 12.1 Å². The van der Waals surface area contributed by atoms with Crippen molar-refractivity contribution in [3.63, 3.8) is 0 Å². The lowest BCUT2D eigenvalue weighted by molar-refractivity contribution is -0.384. The molecule has 2 aromatic rings. The van der Waals surface area contributed by atoms with Gasteiger partial charge in [-0.15, -0.1) is 0 Å². The van der Waals surface area contributed by atoms with Crippen LogP contribution in [0.4, 0.5) is 11.4 Å². The number of nitrogens with one attached hydrogen (secondary N) is 1. The molecule has 2 rings (SSSR count). The van der Waals surface area contributed by atoms with E-state index in [9.17, 15) is 14.9 Å². The lowest BCUT2D eigenvalue weighted by Crippen LogP contribution is -2.10. The Morgan fingerprint density at radius 2 is 1.96 bits per heavy atom. The molecule has 0 heterocycles. The van der Waals surface area contributed by atoms with Crippen LogP contribution >= 0.6 is 0 Å². The Balaban J connectivity index is 2.04. The van der Waals surface area contributed by atoms with Crippen LogP contribution in [0.3, 0.4) is 0 Å². The highest BCUT2D eigenvalue weighted by atomic mass is 16.6. The minimum atomic E-state index is -1.21. The molecule has 7 heteroatoms. The molecule has 0 amide bonds. The van der Waals surface area contributed by atoms with Gasteiger partial charge in [-0.05, 0) is 30.2 Å². The van der Waals surface area contributed by atoms with Crippen molar-refractivity contribution in [2.45, 2.75) is 6.42 Å². The van der Waals surface area contributed by atoms with Crippen LogP contribution in [0.25, 0.3) is 0 Å². The fourth-order valence-corrected chi connectivity index (χ4v) is 2.11. The normalized spacial score (nSPS) is 10.1. The highest BCUT2D eigenvalue weighted by Crippen LogP contribution is 2.22. The Bertz CT molecular complexity index is 713. The number of carbonyl (C=O) groups is 1. The highest BCUT2D eigenvalue weighted by Gasteiger charge is 2.15. The van der Waals surface area contributed by atoms with Gasteiger partial charge in [-0.3, -0.25) is 10.1 Å². The predicted octanol–water partition coefficient (Wildman–Crippen LogP) is 2.96. The fraction of sp³-hybridized carbons (Fsp3) is 0.188. The number of methoxy groups -OCH3 is 1. The first kappa shape index (κ1) is 16.3. The van der Waals surface area contributed by atoms with Gasteiger partial charge in [0.25, 0.3) is 5.69 Å². The van der Waals surface area contributed by atoms with E-state index >= 15 is 0 Å². The zero-order valence-electron chi connectivity index (χ0n) is 12.5. The molecule has 2 N–H and O–H groups in total. The number of anilines is 1. The van der Waals surface area contributed by atoms with Gasteiger partial charge in [-0.2, -0.15) is 0 Å². The van der Waals surface area contributed by atoms with Gasteiger partial charge in [0, 0.05) is 24.4 Å². The molecule has 0 bridgehead atoms. The molecule has 0 saturated carbocycles. The summed E-state index contributed by atoms with van der Waals surface area (Å²) in [6, 6.07) is 11.3. The Morgan fingerprint density at radius 3 is 2.52 bits per heavy atom. The largest absolute Gasteiger partial charge is 0.497 e. The zero-order chi connectivity index (χ0) is 16.8. The molecular weight excluding hydrogens is 300 g/mol. The molecule has 0 aliphatic rings. The number of nitro groups is 1. The third-order valence-corrected chi connectivity index (χ3v) is 3.33. The van der Waals surface area contributed by atoms with E-state index in [2.05, 4.69) is 5.32 Å². The van der Waals surface area contributed by atoms with Gasteiger partial charge in [0.05, 0.1) is 17.6 Å². The van der Waals surface area contributed by atoms with Crippen LogP contribution in [0.5, 0.6) is 5.75 Å². The SMILES string of the molecule is COc1ccc(CCNc2ccc([N+](=O)[O-])cc2C(=O)O)cc1. The summed E-state index contributed by atoms with van der Waals surface area (Å²) >= 11 is 0. The smallest absolute Gasteiger partial charge is 0.338 e. The van der Waals surface area contributed by atoms with Gasteiger partial charge < -0.3 is 15.2 Å². The van der Waals surface area contributed by atoms with Crippen molar-refractivity contribution in [2.75, 3.05) is 19.0 Å². The number of nitrogens with zero attached hydrogens (tertiary/aromatic N) is 1. The zero-order valence-corrected chi connectivity index (χ0v) is 12.5. The topological polar surface area (TPSA) is 102 Å². The van der Waals surface area contributed by atoms with E-state index in [1.54, 1.807) is 7.11 Å². The number of non-ortho nitro benzene ring substituents is 1. The van der Waals surface area contributed by atoms with Gasteiger partial charge in [-0.1, -0.05) is 12.1 Å². The van der Waals surface area contributed by atoms with E-state index in [4.69, 9.17) is 9.84 Å². The van der Waals surface area contributed by atoms with Crippen molar-refractivity contribution in [1.82, 2.24) is 0 Å². The van der Waals surface area contributed by atoms with E-state index in [-0.39, 0.29) is 11.3 Å². The maximum Gasteiger partial charge on any atom is 0.338 e. The third-order valence-electron chi connectivity index (χ3n) is 3.33. The average molecular weight is 316 g/mol. The van der Waals surface area contributed by atoms with Crippen LogP contribution in [-0.4, -0.2) is 29.7 Å². The van der Waals surface area contributed by atoms with Gasteiger partial charge in [0.1, 0.15) is 5.75 Å². The minimum absolute atomic E-state index is 0.117. The van der Waals surface area contributed by atoms with Crippen molar-refractivity contribution in [2.24, 2.45) is 0 Å². The molecule has 7 nitrogen and oxygen atoms in total. The van der Waals surface area contributed by atoms with Gasteiger partial charge in [0.15, 0.2) is 0 Å². The number of aromatic carboxylic acids is 1. The van der Waals surface area contributed by atoms with E-state index in [0.717, 1.165) is 17.4 Å². The number of rotatable bonds is 7. The first-order chi connectivity index (χ1) is 11.0. The third kappa shape index (κ3) is 4.19. The van der Waals surface area contributed by atoms with Crippen molar-refractivity contribution < 1.29 is 19.6 Å². The van der Waals surface area contributed by atoms with Gasteiger partial charge >= 0.3 is 5.97 Å². The van der Waals surface area contributed by atoms with Gasteiger partial charge in [-0.25, -0.2) is 4.79 Å².